The number of anilines is 2. The molecule has 0 atom stereocenters. The van der Waals surface area contributed by atoms with E-state index in [1.165, 1.54) is 25.7 Å². The molecule has 1 saturated carbocycles. The number of nitrogens with one attached hydrogen (secondary N) is 1. The Morgan fingerprint density at radius 2 is 2.00 bits per heavy atom. The lowest BCUT2D eigenvalue weighted by molar-refractivity contribution is 0.172. The van der Waals surface area contributed by atoms with Gasteiger partial charge < -0.3 is 16.0 Å². The fourth-order valence-corrected chi connectivity index (χ4v) is 2.74. The predicted molar refractivity (Wildman–Crippen MR) is 76.8 cm³/mol. The molecule has 0 spiro atoms. The molecule has 0 saturated heterocycles. The Kier molecular flexibility index (Phi) is 3.76. The van der Waals surface area contributed by atoms with Crippen molar-refractivity contribution in [3.8, 4) is 0 Å². The van der Waals surface area contributed by atoms with Crippen LogP contribution in [0.15, 0.2) is 12.1 Å². The zero-order valence-electron chi connectivity index (χ0n) is 11.7. The number of rotatable bonds is 4. The van der Waals surface area contributed by atoms with Crippen molar-refractivity contribution < 1.29 is 0 Å². The molecule has 18 heavy (non-hydrogen) atoms. The highest BCUT2D eigenvalue weighted by molar-refractivity contribution is 5.49. The predicted octanol–water partition coefficient (Wildman–Crippen LogP) is 2.26. The van der Waals surface area contributed by atoms with Gasteiger partial charge >= 0.3 is 0 Å². The molecule has 3 N–H and O–H groups in total. The summed E-state index contributed by atoms with van der Waals surface area (Å²) in [5.74, 6) is 0.926. The Balaban J connectivity index is 2.03. The Labute approximate surface area is 110 Å². The first kappa shape index (κ1) is 13.1. The molecule has 1 aliphatic rings. The monoisotopic (exact) mass is 248 g/mol. The van der Waals surface area contributed by atoms with E-state index in [0.29, 0.717) is 0 Å². The molecule has 1 heterocycles. The molecule has 1 aliphatic carbocycles. The maximum Gasteiger partial charge on any atom is 0.126 e. The van der Waals surface area contributed by atoms with E-state index >= 15 is 0 Å². The van der Waals surface area contributed by atoms with E-state index < -0.39 is 0 Å². The van der Waals surface area contributed by atoms with Crippen molar-refractivity contribution >= 4 is 11.5 Å². The van der Waals surface area contributed by atoms with Crippen LogP contribution in [0.4, 0.5) is 11.5 Å². The SMILES string of the molecule is Cc1nc(NCC2(N(C)C)CCCC2)ccc1N. The van der Waals surface area contributed by atoms with Crippen LogP contribution in [0.3, 0.4) is 0 Å². The molecular formula is C14H24N4. The van der Waals surface area contributed by atoms with Crippen LogP contribution in [-0.4, -0.2) is 36.1 Å². The van der Waals surface area contributed by atoms with Crippen molar-refractivity contribution in [2.45, 2.75) is 38.1 Å². The van der Waals surface area contributed by atoms with Gasteiger partial charge in [0, 0.05) is 12.1 Å². The van der Waals surface area contributed by atoms with E-state index in [-0.39, 0.29) is 5.54 Å². The summed E-state index contributed by atoms with van der Waals surface area (Å²) in [6.45, 7) is 2.90. The second kappa shape index (κ2) is 5.14. The van der Waals surface area contributed by atoms with Gasteiger partial charge in [-0.1, -0.05) is 12.8 Å². The minimum absolute atomic E-state index is 0.289. The van der Waals surface area contributed by atoms with E-state index in [1.54, 1.807) is 0 Å². The van der Waals surface area contributed by atoms with E-state index in [9.17, 15) is 0 Å². The van der Waals surface area contributed by atoms with Crippen LogP contribution in [0.25, 0.3) is 0 Å². The smallest absolute Gasteiger partial charge is 0.126 e. The van der Waals surface area contributed by atoms with Gasteiger partial charge in [-0.3, -0.25) is 0 Å². The van der Waals surface area contributed by atoms with Gasteiger partial charge in [0.25, 0.3) is 0 Å². The number of hydrogen-bond acceptors (Lipinski definition) is 4. The van der Waals surface area contributed by atoms with Gasteiger partial charge in [0.15, 0.2) is 0 Å². The van der Waals surface area contributed by atoms with Gasteiger partial charge in [-0.25, -0.2) is 4.98 Å². The second-order valence-corrected chi connectivity index (χ2v) is 5.55. The summed E-state index contributed by atoms with van der Waals surface area (Å²) in [5.41, 5.74) is 7.72. The number of pyridine rings is 1. The number of aryl methyl sites for hydroxylation is 1. The first-order valence-corrected chi connectivity index (χ1v) is 6.68. The normalized spacial score (nSPS) is 18.2. The highest BCUT2D eigenvalue weighted by Gasteiger charge is 2.35. The second-order valence-electron chi connectivity index (χ2n) is 5.55. The first-order valence-electron chi connectivity index (χ1n) is 6.68. The molecule has 0 aromatic carbocycles. The van der Waals surface area contributed by atoms with Crippen LogP contribution in [0.1, 0.15) is 31.4 Å². The van der Waals surface area contributed by atoms with Gasteiger partial charge in [-0.2, -0.15) is 0 Å². The summed E-state index contributed by atoms with van der Waals surface area (Å²) in [4.78, 5) is 6.83. The summed E-state index contributed by atoms with van der Waals surface area (Å²) in [5, 5.41) is 3.47. The van der Waals surface area contributed by atoms with Gasteiger partial charge in [-0.05, 0) is 46.0 Å². The van der Waals surface area contributed by atoms with E-state index in [1.807, 2.05) is 19.1 Å². The van der Waals surface area contributed by atoms with Gasteiger partial charge in [0.2, 0.25) is 0 Å². The summed E-state index contributed by atoms with van der Waals surface area (Å²) >= 11 is 0. The molecule has 0 radical (unpaired) electrons. The Morgan fingerprint density at radius 1 is 1.33 bits per heavy atom. The van der Waals surface area contributed by atoms with Gasteiger partial charge in [0.05, 0.1) is 11.4 Å². The lowest BCUT2D eigenvalue weighted by Crippen LogP contribution is -2.47. The standard InChI is InChI=1S/C14H24N4/c1-11-12(15)6-7-13(17-11)16-10-14(18(2)3)8-4-5-9-14/h6-7H,4-5,8-10,15H2,1-3H3,(H,16,17). The number of aromatic nitrogens is 1. The molecule has 2 rings (SSSR count). The molecule has 1 fully saturated rings. The quantitative estimate of drug-likeness (QED) is 0.858. The molecule has 1 aromatic heterocycles. The number of nitrogens with zero attached hydrogens (tertiary/aromatic N) is 2. The zero-order chi connectivity index (χ0) is 13.2. The van der Waals surface area contributed by atoms with Crippen LogP contribution >= 0.6 is 0 Å². The maximum absolute atomic E-state index is 5.78. The molecule has 0 amide bonds. The highest BCUT2D eigenvalue weighted by Crippen LogP contribution is 2.33. The van der Waals surface area contributed by atoms with Crippen molar-refractivity contribution in [1.82, 2.24) is 9.88 Å². The third kappa shape index (κ3) is 2.58. The summed E-state index contributed by atoms with van der Waals surface area (Å²) in [7, 11) is 4.35. The van der Waals surface area contributed by atoms with Gasteiger partial charge in [0.1, 0.15) is 5.82 Å². The summed E-state index contributed by atoms with van der Waals surface area (Å²) in [6.07, 6.45) is 5.18. The van der Waals surface area contributed by atoms with Crippen LogP contribution in [0, 0.1) is 6.92 Å². The number of nitrogens with two attached hydrogens (primary N) is 1. The lowest BCUT2D eigenvalue weighted by atomic mass is 9.96. The van der Waals surface area contributed by atoms with Crippen LogP contribution in [0.2, 0.25) is 0 Å². The minimum Gasteiger partial charge on any atom is -0.397 e. The highest BCUT2D eigenvalue weighted by atomic mass is 15.2. The van der Waals surface area contributed by atoms with Crippen LogP contribution in [0.5, 0.6) is 0 Å². The van der Waals surface area contributed by atoms with Crippen molar-refractivity contribution in [3.63, 3.8) is 0 Å². The van der Waals surface area contributed by atoms with E-state index in [0.717, 1.165) is 23.7 Å². The molecule has 0 aliphatic heterocycles. The van der Waals surface area contributed by atoms with E-state index in [2.05, 4.69) is 29.3 Å². The lowest BCUT2D eigenvalue weighted by Gasteiger charge is -2.36. The maximum atomic E-state index is 5.78. The van der Waals surface area contributed by atoms with E-state index in [4.69, 9.17) is 5.73 Å². The van der Waals surface area contributed by atoms with Crippen LogP contribution < -0.4 is 11.1 Å². The average Bonchev–Trinajstić information content (AvgIpc) is 2.81. The number of hydrogen-bond donors (Lipinski definition) is 2. The Bertz CT molecular complexity index is 408. The Morgan fingerprint density at radius 3 is 2.56 bits per heavy atom. The van der Waals surface area contributed by atoms with Crippen molar-refractivity contribution in [2.75, 3.05) is 31.7 Å². The largest absolute Gasteiger partial charge is 0.397 e. The summed E-state index contributed by atoms with van der Waals surface area (Å²) in [6, 6.07) is 3.88. The number of likely N-dealkylation sites (N-methyl/N-ethyl adjacent to an activating group) is 1. The van der Waals surface area contributed by atoms with Gasteiger partial charge in [-0.15, -0.1) is 0 Å². The Hall–Kier alpha value is -1.29. The van der Waals surface area contributed by atoms with Crippen molar-refractivity contribution in [3.05, 3.63) is 17.8 Å². The van der Waals surface area contributed by atoms with Crippen molar-refractivity contribution in [1.29, 1.82) is 0 Å². The molecule has 100 valence electrons. The molecule has 0 unspecified atom stereocenters. The molecule has 4 nitrogen and oxygen atoms in total. The van der Waals surface area contributed by atoms with Crippen molar-refractivity contribution in [2.24, 2.45) is 0 Å². The molecule has 4 heteroatoms. The fraction of sp³-hybridized carbons (Fsp3) is 0.643. The average molecular weight is 248 g/mol. The zero-order valence-corrected chi connectivity index (χ0v) is 11.7. The first-order chi connectivity index (χ1) is 8.53. The minimum atomic E-state index is 0.289. The third-order valence-corrected chi connectivity index (χ3v) is 4.21. The molecular weight excluding hydrogens is 224 g/mol. The topological polar surface area (TPSA) is 54.2 Å². The fourth-order valence-electron chi connectivity index (χ4n) is 2.74. The molecule has 0 bridgehead atoms. The van der Waals surface area contributed by atoms with Crippen LogP contribution in [-0.2, 0) is 0 Å². The molecule has 1 aromatic rings. The number of nitrogen functional groups attached to an aromatic ring is 1. The summed E-state index contributed by atoms with van der Waals surface area (Å²) < 4.78 is 0. The third-order valence-electron chi connectivity index (χ3n) is 4.21.